The van der Waals surface area contributed by atoms with E-state index in [1.165, 1.54) is 6.07 Å². The lowest BCUT2D eigenvalue weighted by Crippen LogP contribution is -2.46. The Morgan fingerprint density at radius 3 is 2.47 bits per heavy atom. The minimum absolute atomic E-state index is 0.0489. The van der Waals surface area contributed by atoms with Crippen molar-refractivity contribution in [2.45, 2.75) is 13.0 Å². The minimum Gasteiger partial charge on any atom is -0.354 e. The fourth-order valence-corrected chi connectivity index (χ4v) is 4.35. The van der Waals surface area contributed by atoms with Crippen LogP contribution in [0.25, 0.3) is 11.4 Å². The topological polar surface area (TPSA) is 64.6 Å². The Hall–Kier alpha value is -3.59. The highest BCUT2D eigenvalue weighted by atomic mass is 19.1. The standard InChI is InChI=1S/C25H26F2N6O/c1-31-11-13-32(14-12-31)24-19-16-33(25(34)29-22-8-7-18(26)15-20(22)27)10-9-21(19)28-23(30-24)17-5-3-2-4-6-17/h2-8,15H,9-14,16H2,1H3,(H,29,34). The molecule has 0 saturated carbocycles. The van der Waals surface area contributed by atoms with Crippen LogP contribution in [0.5, 0.6) is 0 Å². The monoisotopic (exact) mass is 464 g/mol. The van der Waals surface area contributed by atoms with Crippen molar-refractivity contribution in [1.82, 2.24) is 19.8 Å². The SMILES string of the molecule is CN1CCN(c2nc(-c3ccccc3)nc3c2CN(C(=O)Nc2ccc(F)cc2F)CC3)CC1. The molecule has 176 valence electrons. The molecule has 1 aromatic heterocycles. The molecule has 0 bridgehead atoms. The van der Waals surface area contributed by atoms with Gasteiger partial charge in [-0.25, -0.2) is 23.5 Å². The molecule has 0 atom stereocenters. The van der Waals surface area contributed by atoms with Crippen molar-refractivity contribution in [3.63, 3.8) is 0 Å². The van der Waals surface area contributed by atoms with Crippen molar-refractivity contribution in [3.8, 4) is 11.4 Å². The number of rotatable bonds is 3. The summed E-state index contributed by atoms with van der Waals surface area (Å²) in [6.45, 7) is 4.28. The van der Waals surface area contributed by atoms with Crippen LogP contribution in [0.4, 0.5) is 25.1 Å². The molecule has 2 aromatic carbocycles. The number of urea groups is 1. The lowest BCUT2D eigenvalue weighted by Gasteiger charge is -2.37. The predicted octanol–water partition coefficient (Wildman–Crippen LogP) is 3.76. The van der Waals surface area contributed by atoms with Gasteiger partial charge in [0.05, 0.1) is 17.9 Å². The van der Waals surface area contributed by atoms with Crippen molar-refractivity contribution in [2.75, 3.05) is 50.0 Å². The van der Waals surface area contributed by atoms with Gasteiger partial charge in [-0.15, -0.1) is 0 Å². The van der Waals surface area contributed by atoms with Crippen LogP contribution in [0.3, 0.4) is 0 Å². The van der Waals surface area contributed by atoms with Crippen molar-refractivity contribution in [3.05, 3.63) is 71.4 Å². The highest BCUT2D eigenvalue weighted by Crippen LogP contribution is 2.30. The Kier molecular flexibility index (Phi) is 6.10. The van der Waals surface area contributed by atoms with E-state index in [9.17, 15) is 13.6 Å². The van der Waals surface area contributed by atoms with E-state index in [-0.39, 0.29) is 5.69 Å². The van der Waals surface area contributed by atoms with Crippen LogP contribution in [-0.2, 0) is 13.0 Å². The number of halogens is 2. The number of fused-ring (bicyclic) bond motifs is 1. The third kappa shape index (κ3) is 4.56. The van der Waals surface area contributed by atoms with E-state index in [4.69, 9.17) is 9.97 Å². The summed E-state index contributed by atoms with van der Waals surface area (Å²) in [7, 11) is 2.10. The second-order valence-corrected chi connectivity index (χ2v) is 8.68. The molecule has 9 heteroatoms. The van der Waals surface area contributed by atoms with Crippen LogP contribution in [0, 0.1) is 11.6 Å². The Balaban J connectivity index is 1.45. The zero-order valence-corrected chi connectivity index (χ0v) is 19.0. The average molecular weight is 465 g/mol. The maximum atomic E-state index is 14.1. The molecule has 3 aromatic rings. The van der Waals surface area contributed by atoms with Crippen molar-refractivity contribution in [1.29, 1.82) is 0 Å². The van der Waals surface area contributed by atoms with Crippen LogP contribution < -0.4 is 10.2 Å². The smallest absolute Gasteiger partial charge is 0.322 e. The Labute approximate surface area is 197 Å². The molecular formula is C25H26F2N6O. The number of carbonyl (C=O) groups is 1. The quantitative estimate of drug-likeness (QED) is 0.640. The molecule has 2 aliphatic heterocycles. The summed E-state index contributed by atoms with van der Waals surface area (Å²) in [5, 5.41) is 2.56. The average Bonchev–Trinajstić information content (AvgIpc) is 2.86. The number of piperazine rings is 1. The first kappa shape index (κ1) is 22.2. The van der Waals surface area contributed by atoms with E-state index >= 15 is 0 Å². The maximum Gasteiger partial charge on any atom is 0.322 e. The molecule has 2 aliphatic rings. The van der Waals surface area contributed by atoms with Gasteiger partial charge in [-0.2, -0.15) is 0 Å². The molecule has 3 heterocycles. The highest BCUT2D eigenvalue weighted by molar-refractivity contribution is 5.89. The van der Waals surface area contributed by atoms with E-state index in [2.05, 4.69) is 22.2 Å². The Morgan fingerprint density at radius 2 is 1.74 bits per heavy atom. The van der Waals surface area contributed by atoms with E-state index in [1.54, 1.807) is 4.90 Å². The largest absolute Gasteiger partial charge is 0.354 e. The van der Waals surface area contributed by atoms with Gasteiger partial charge in [0.15, 0.2) is 5.82 Å². The Bertz CT molecular complexity index is 1200. The predicted molar refractivity (Wildman–Crippen MR) is 127 cm³/mol. The van der Waals surface area contributed by atoms with Gasteiger partial charge in [0.25, 0.3) is 0 Å². The van der Waals surface area contributed by atoms with Crippen molar-refractivity contribution < 1.29 is 13.6 Å². The molecule has 0 unspecified atom stereocenters. The highest BCUT2D eigenvalue weighted by Gasteiger charge is 2.29. The number of nitrogens with one attached hydrogen (secondary N) is 1. The lowest BCUT2D eigenvalue weighted by molar-refractivity contribution is 0.205. The Morgan fingerprint density at radius 1 is 0.971 bits per heavy atom. The van der Waals surface area contributed by atoms with Crippen LogP contribution in [-0.4, -0.2) is 65.6 Å². The first-order valence-corrected chi connectivity index (χ1v) is 11.4. The van der Waals surface area contributed by atoms with Gasteiger partial charge in [-0.3, -0.25) is 0 Å². The van der Waals surface area contributed by atoms with E-state index in [0.29, 0.717) is 25.3 Å². The number of anilines is 2. The number of hydrogen-bond acceptors (Lipinski definition) is 5. The summed E-state index contributed by atoms with van der Waals surface area (Å²) < 4.78 is 27.3. The molecule has 5 rings (SSSR count). The van der Waals surface area contributed by atoms with Gasteiger partial charge in [0, 0.05) is 56.3 Å². The third-order valence-electron chi connectivity index (χ3n) is 6.33. The summed E-state index contributed by atoms with van der Waals surface area (Å²) >= 11 is 0. The van der Waals surface area contributed by atoms with E-state index in [1.807, 2.05) is 30.3 Å². The number of amides is 2. The minimum atomic E-state index is -0.806. The van der Waals surface area contributed by atoms with Crippen LogP contribution in [0.15, 0.2) is 48.5 Å². The van der Waals surface area contributed by atoms with Gasteiger partial charge >= 0.3 is 6.03 Å². The molecule has 0 spiro atoms. The summed E-state index contributed by atoms with van der Waals surface area (Å²) in [4.78, 5) is 28.9. The van der Waals surface area contributed by atoms with Gasteiger partial charge in [0.2, 0.25) is 0 Å². The molecule has 7 nitrogen and oxygen atoms in total. The van der Waals surface area contributed by atoms with Crippen molar-refractivity contribution >= 4 is 17.5 Å². The number of hydrogen-bond donors (Lipinski definition) is 1. The summed E-state index contributed by atoms with van der Waals surface area (Å²) in [6.07, 6.45) is 0.567. The molecule has 0 aliphatic carbocycles. The van der Waals surface area contributed by atoms with Gasteiger partial charge in [-0.1, -0.05) is 30.3 Å². The zero-order valence-electron chi connectivity index (χ0n) is 19.0. The first-order chi connectivity index (χ1) is 16.5. The summed E-state index contributed by atoms with van der Waals surface area (Å²) in [5.74, 6) is 0.0345. The fraction of sp³-hybridized carbons (Fsp3) is 0.320. The number of benzene rings is 2. The fourth-order valence-electron chi connectivity index (χ4n) is 4.35. The summed E-state index contributed by atoms with van der Waals surface area (Å²) in [6, 6.07) is 12.6. The van der Waals surface area contributed by atoms with Gasteiger partial charge in [-0.05, 0) is 19.2 Å². The van der Waals surface area contributed by atoms with Crippen LogP contribution in [0.1, 0.15) is 11.3 Å². The normalized spacial score (nSPS) is 16.3. The number of nitrogens with zero attached hydrogens (tertiary/aromatic N) is 5. The van der Waals surface area contributed by atoms with E-state index in [0.717, 1.165) is 61.0 Å². The first-order valence-electron chi connectivity index (χ1n) is 11.4. The molecular weight excluding hydrogens is 438 g/mol. The van der Waals surface area contributed by atoms with Gasteiger partial charge < -0.3 is 20.0 Å². The molecule has 34 heavy (non-hydrogen) atoms. The number of aromatic nitrogens is 2. The van der Waals surface area contributed by atoms with Crippen molar-refractivity contribution in [2.24, 2.45) is 0 Å². The second kappa shape index (κ2) is 9.34. The molecule has 1 saturated heterocycles. The number of likely N-dealkylation sites (N-methyl/N-ethyl adjacent to an activating group) is 1. The molecule has 2 amide bonds. The zero-order chi connectivity index (χ0) is 23.7. The summed E-state index contributed by atoms with van der Waals surface area (Å²) in [5.41, 5.74) is 2.75. The molecule has 0 radical (unpaired) electrons. The molecule has 1 N–H and O–H groups in total. The van der Waals surface area contributed by atoms with E-state index < -0.39 is 17.7 Å². The van der Waals surface area contributed by atoms with Gasteiger partial charge in [0.1, 0.15) is 17.5 Å². The second-order valence-electron chi connectivity index (χ2n) is 8.68. The maximum absolute atomic E-state index is 14.1. The lowest BCUT2D eigenvalue weighted by atomic mass is 10.0. The molecule has 1 fully saturated rings. The number of carbonyl (C=O) groups excluding carboxylic acids is 1. The third-order valence-corrected chi connectivity index (χ3v) is 6.33. The van der Waals surface area contributed by atoms with Crippen LogP contribution in [0.2, 0.25) is 0 Å². The van der Waals surface area contributed by atoms with Crippen LogP contribution >= 0.6 is 0 Å².